The monoisotopic (exact) mass is 382 g/mol. The van der Waals surface area contributed by atoms with Gasteiger partial charge >= 0.3 is 0 Å². The maximum Gasteiger partial charge on any atom is 0.225 e. The second-order valence-corrected chi connectivity index (χ2v) is 4.62. The van der Waals surface area contributed by atoms with Gasteiger partial charge in [0.1, 0.15) is 11.7 Å². The van der Waals surface area contributed by atoms with Gasteiger partial charge in [0.15, 0.2) is 10.8 Å². The van der Waals surface area contributed by atoms with Crippen molar-refractivity contribution >= 4 is 46.0 Å². The molecule has 132 valence electrons. The van der Waals surface area contributed by atoms with Crippen LogP contribution in [0.2, 0.25) is 10.4 Å². The van der Waals surface area contributed by atoms with Crippen LogP contribution >= 0.6 is 34.8 Å². The summed E-state index contributed by atoms with van der Waals surface area (Å²) in [7, 11) is 0. The molecule has 0 bridgehead atoms. The van der Waals surface area contributed by atoms with Crippen molar-refractivity contribution in [2.45, 2.75) is 53.2 Å². The molecule has 1 aliphatic heterocycles. The van der Waals surface area contributed by atoms with Crippen LogP contribution in [-0.2, 0) is 4.74 Å². The SMILES string of the molecule is CC.CC.CCl.Clc1nc(Cl)c2ncn(C3CCCCO3)c2n1. The van der Waals surface area contributed by atoms with E-state index in [0.717, 1.165) is 25.9 Å². The normalized spacial score (nSPS) is 16.3. The molecule has 1 atom stereocenters. The lowest BCUT2D eigenvalue weighted by molar-refractivity contribution is -0.0298. The van der Waals surface area contributed by atoms with Gasteiger partial charge in [0.2, 0.25) is 5.28 Å². The van der Waals surface area contributed by atoms with E-state index < -0.39 is 0 Å². The number of hydrogen-bond acceptors (Lipinski definition) is 4. The Morgan fingerprint density at radius 3 is 2.30 bits per heavy atom. The minimum absolute atomic E-state index is 0.0317. The molecule has 0 aliphatic carbocycles. The Bertz CT molecular complexity index is 557. The number of nitrogens with zero attached hydrogens (tertiary/aromatic N) is 4. The average molecular weight is 384 g/mol. The number of imidazole rings is 1. The molecule has 2 aromatic heterocycles. The number of aromatic nitrogens is 4. The molecule has 1 unspecified atom stereocenters. The number of fused-ring (bicyclic) bond motifs is 1. The van der Waals surface area contributed by atoms with Crippen LogP contribution in [0.3, 0.4) is 0 Å². The fourth-order valence-electron chi connectivity index (χ4n) is 2.01. The molecule has 0 spiro atoms. The van der Waals surface area contributed by atoms with E-state index in [-0.39, 0.29) is 16.7 Å². The second kappa shape index (κ2) is 12.8. The molecule has 2 aromatic rings. The van der Waals surface area contributed by atoms with Gasteiger partial charge in [0, 0.05) is 13.0 Å². The van der Waals surface area contributed by atoms with E-state index in [1.165, 1.54) is 6.38 Å². The molecule has 1 saturated heterocycles. The molecule has 0 amide bonds. The fraction of sp³-hybridized carbons (Fsp3) is 0.667. The lowest BCUT2D eigenvalue weighted by Gasteiger charge is -2.23. The largest absolute Gasteiger partial charge is 0.358 e. The van der Waals surface area contributed by atoms with Gasteiger partial charge in [-0.2, -0.15) is 4.98 Å². The first-order valence-corrected chi connectivity index (χ1v) is 9.32. The van der Waals surface area contributed by atoms with Crippen molar-refractivity contribution in [1.29, 1.82) is 0 Å². The highest BCUT2D eigenvalue weighted by Gasteiger charge is 2.20. The molecule has 0 N–H and O–H groups in total. The Kier molecular flexibility index (Phi) is 12.4. The van der Waals surface area contributed by atoms with Gasteiger partial charge in [-0.3, -0.25) is 4.57 Å². The standard InChI is InChI=1S/C10H10Cl2N4O.2C2H6.CH3Cl/c11-8-7-9(15-10(12)14-8)16(5-13-7)6-3-1-2-4-17-6;3*1-2/h5-6H,1-4H2;2*1-2H3;1H3. The number of hydrogen-bond donors (Lipinski definition) is 0. The molecule has 0 aromatic carbocycles. The fourth-order valence-corrected chi connectivity index (χ4v) is 2.43. The highest BCUT2D eigenvalue weighted by atomic mass is 35.5. The Morgan fingerprint density at radius 1 is 1.09 bits per heavy atom. The van der Waals surface area contributed by atoms with Crippen molar-refractivity contribution in [1.82, 2.24) is 19.5 Å². The number of halogens is 3. The molecule has 3 rings (SSSR count). The number of rotatable bonds is 1. The quantitative estimate of drug-likeness (QED) is 0.358. The van der Waals surface area contributed by atoms with E-state index in [1.807, 2.05) is 32.3 Å². The zero-order chi connectivity index (χ0) is 17.8. The Morgan fingerprint density at radius 2 is 1.74 bits per heavy atom. The summed E-state index contributed by atoms with van der Waals surface area (Å²) in [5, 5.41) is 0.398. The smallest absolute Gasteiger partial charge is 0.225 e. The van der Waals surface area contributed by atoms with Crippen molar-refractivity contribution in [2.24, 2.45) is 0 Å². The van der Waals surface area contributed by atoms with Crippen LogP contribution in [-0.4, -0.2) is 32.5 Å². The predicted molar refractivity (Wildman–Crippen MR) is 98.7 cm³/mol. The lowest BCUT2D eigenvalue weighted by Crippen LogP contribution is -2.17. The van der Waals surface area contributed by atoms with Gasteiger partial charge in [-0.25, -0.2) is 9.97 Å². The average Bonchev–Trinajstić information content (AvgIpc) is 3.05. The van der Waals surface area contributed by atoms with Crippen molar-refractivity contribution in [3.63, 3.8) is 0 Å². The van der Waals surface area contributed by atoms with Gasteiger partial charge in [0.25, 0.3) is 0 Å². The first-order chi connectivity index (χ1) is 11.3. The van der Waals surface area contributed by atoms with E-state index in [0.29, 0.717) is 11.2 Å². The zero-order valence-electron chi connectivity index (χ0n) is 14.3. The molecule has 3 heterocycles. The van der Waals surface area contributed by atoms with Gasteiger partial charge in [-0.05, 0) is 30.9 Å². The van der Waals surface area contributed by atoms with Crippen LogP contribution < -0.4 is 0 Å². The maximum atomic E-state index is 5.96. The van der Waals surface area contributed by atoms with Gasteiger partial charge in [-0.15, -0.1) is 11.6 Å². The van der Waals surface area contributed by atoms with E-state index in [9.17, 15) is 0 Å². The van der Waals surface area contributed by atoms with Gasteiger partial charge in [-0.1, -0.05) is 39.3 Å². The summed E-state index contributed by atoms with van der Waals surface area (Å²) >= 11 is 16.4. The third kappa shape index (κ3) is 6.07. The van der Waals surface area contributed by atoms with Crippen LogP contribution in [0.25, 0.3) is 11.2 Å². The second-order valence-electron chi connectivity index (χ2n) is 3.93. The predicted octanol–water partition coefficient (Wildman–Crippen LogP) is 5.74. The number of ether oxygens (including phenoxy) is 1. The summed E-state index contributed by atoms with van der Waals surface area (Å²) in [5.41, 5.74) is 1.19. The molecule has 0 saturated carbocycles. The molecular formula is C15H25Cl3N4O. The molecule has 5 nitrogen and oxygen atoms in total. The summed E-state index contributed by atoms with van der Waals surface area (Å²) in [6, 6.07) is 0. The van der Waals surface area contributed by atoms with Crippen LogP contribution in [0.1, 0.15) is 53.2 Å². The van der Waals surface area contributed by atoms with E-state index in [1.54, 1.807) is 6.33 Å². The highest BCUT2D eigenvalue weighted by Crippen LogP contribution is 2.28. The Hall–Kier alpha value is -0.620. The first kappa shape index (κ1) is 22.4. The third-order valence-electron chi connectivity index (χ3n) is 2.82. The van der Waals surface area contributed by atoms with Crippen molar-refractivity contribution in [3.05, 3.63) is 16.8 Å². The summed E-state index contributed by atoms with van der Waals surface area (Å²) in [6.07, 6.45) is 6.30. The molecule has 1 fully saturated rings. The molecule has 1 aliphatic rings. The van der Waals surface area contributed by atoms with Crippen LogP contribution in [0.15, 0.2) is 6.33 Å². The summed E-state index contributed by atoms with van der Waals surface area (Å²) in [5.74, 6) is 0. The van der Waals surface area contributed by atoms with Gasteiger partial charge in [0.05, 0.1) is 6.33 Å². The summed E-state index contributed by atoms with van der Waals surface area (Å²) in [4.78, 5) is 12.2. The summed E-state index contributed by atoms with van der Waals surface area (Å²) < 4.78 is 7.56. The minimum Gasteiger partial charge on any atom is -0.358 e. The minimum atomic E-state index is -0.0317. The van der Waals surface area contributed by atoms with E-state index in [2.05, 4.69) is 26.6 Å². The van der Waals surface area contributed by atoms with Crippen molar-refractivity contribution in [2.75, 3.05) is 13.0 Å². The third-order valence-corrected chi connectivity index (χ3v) is 3.25. The maximum absolute atomic E-state index is 5.96. The van der Waals surface area contributed by atoms with E-state index >= 15 is 0 Å². The van der Waals surface area contributed by atoms with Crippen LogP contribution in [0, 0.1) is 0 Å². The topological polar surface area (TPSA) is 52.8 Å². The van der Waals surface area contributed by atoms with Crippen LogP contribution in [0.5, 0.6) is 0 Å². The molecule has 8 heteroatoms. The molecular weight excluding hydrogens is 359 g/mol. The highest BCUT2D eigenvalue weighted by molar-refractivity contribution is 6.35. The zero-order valence-corrected chi connectivity index (χ0v) is 16.6. The lowest BCUT2D eigenvalue weighted by atomic mass is 10.2. The Labute approximate surface area is 153 Å². The van der Waals surface area contributed by atoms with Gasteiger partial charge < -0.3 is 4.74 Å². The number of alkyl halides is 1. The van der Waals surface area contributed by atoms with Crippen LogP contribution in [0.4, 0.5) is 0 Å². The molecule has 23 heavy (non-hydrogen) atoms. The van der Waals surface area contributed by atoms with Crippen molar-refractivity contribution < 1.29 is 4.74 Å². The van der Waals surface area contributed by atoms with E-state index in [4.69, 9.17) is 27.9 Å². The van der Waals surface area contributed by atoms with Crippen molar-refractivity contribution in [3.8, 4) is 0 Å². The molecule has 0 radical (unpaired) electrons. The summed E-state index contributed by atoms with van der Waals surface area (Å²) in [6.45, 7) is 8.76. The Balaban J connectivity index is 0.000000728. The first-order valence-electron chi connectivity index (χ1n) is 7.80.